The van der Waals surface area contributed by atoms with Crippen molar-refractivity contribution in [2.45, 2.75) is 38.1 Å². The molecule has 0 spiro atoms. The Morgan fingerprint density at radius 2 is 2.15 bits per heavy atom. The number of likely N-dealkylation sites (tertiary alicyclic amines) is 1. The maximum atomic E-state index is 13.8. The van der Waals surface area contributed by atoms with Crippen molar-refractivity contribution in [3.63, 3.8) is 0 Å². The van der Waals surface area contributed by atoms with Gasteiger partial charge in [-0.2, -0.15) is 0 Å². The summed E-state index contributed by atoms with van der Waals surface area (Å²) in [6, 6.07) is 4.76. The monoisotopic (exact) mass is 377 g/mol. The van der Waals surface area contributed by atoms with Crippen LogP contribution in [0.25, 0.3) is 10.2 Å². The van der Waals surface area contributed by atoms with Crippen LogP contribution in [0.3, 0.4) is 0 Å². The molecule has 2 fully saturated rings. The maximum Gasteiger partial charge on any atom is 0.243 e. The second-order valence-electron chi connectivity index (χ2n) is 7.16. The van der Waals surface area contributed by atoms with E-state index < -0.39 is 0 Å². The van der Waals surface area contributed by atoms with Crippen molar-refractivity contribution in [3.8, 4) is 0 Å². The molecular weight excluding hydrogens is 353 g/mol. The molecule has 1 amide bonds. The van der Waals surface area contributed by atoms with Crippen LogP contribution in [0, 0.1) is 11.7 Å². The lowest BCUT2D eigenvalue weighted by atomic mass is 9.95. The number of thiazole rings is 1. The predicted octanol–water partition coefficient (Wildman–Crippen LogP) is 3.66. The quantitative estimate of drug-likeness (QED) is 0.884. The summed E-state index contributed by atoms with van der Waals surface area (Å²) in [6.07, 6.45) is 5.22. The molecule has 1 aromatic heterocycles. The van der Waals surface area contributed by atoms with Gasteiger partial charge in [-0.15, -0.1) is 0 Å². The molecule has 0 saturated carbocycles. The van der Waals surface area contributed by atoms with Gasteiger partial charge >= 0.3 is 0 Å². The molecule has 5 nitrogen and oxygen atoms in total. The van der Waals surface area contributed by atoms with Crippen LogP contribution in [0.4, 0.5) is 9.52 Å². The first kappa shape index (κ1) is 17.8. The number of amides is 1. The molecular formula is C19H24FN3O2S. The van der Waals surface area contributed by atoms with Crippen molar-refractivity contribution in [2.24, 2.45) is 5.92 Å². The van der Waals surface area contributed by atoms with Crippen LogP contribution < -0.4 is 5.32 Å². The van der Waals surface area contributed by atoms with E-state index >= 15 is 0 Å². The zero-order valence-corrected chi connectivity index (χ0v) is 15.6. The van der Waals surface area contributed by atoms with E-state index in [1.807, 2.05) is 6.07 Å². The van der Waals surface area contributed by atoms with Crippen molar-refractivity contribution < 1.29 is 13.9 Å². The maximum absolute atomic E-state index is 13.8. The molecule has 1 aromatic carbocycles. The first-order valence-corrected chi connectivity index (χ1v) is 10.2. The average molecular weight is 377 g/mol. The Morgan fingerprint density at radius 3 is 2.96 bits per heavy atom. The molecule has 2 aliphatic heterocycles. The second kappa shape index (κ2) is 7.98. The van der Waals surface area contributed by atoms with Crippen LogP contribution >= 0.6 is 11.3 Å². The molecule has 2 aromatic rings. The molecule has 3 heterocycles. The number of rotatable bonds is 4. The number of nitrogens with one attached hydrogen (secondary N) is 1. The molecule has 4 rings (SSSR count). The van der Waals surface area contributed by atoms with Crippen molar-refractivity contribution in [1.29, 1.82) is 0 Å². The van der Waals surface area contributed by atoms with Crippen LogP contribution in [0.15, 0.2) is 18.2 Å². The molecule has 0 aliphatic carbocycles. The predicted molar refractivity (Wildman–Crippen MR) is 101 cm³/mol. The Bertz CT molecular complexity index is 775. The Labute approximate surface area is 156 Å². The summed E-state index contributed by atoms with van der Waals surface area (Å²) in [4.78, 5) is 19.5. The summed E-state index contributed by atoms with van der Waals surface area (Å²) in [6.45, 7) is 3.57. The summed E-state index contributed by atoms with van der Waals surface area (Å²) in [5.41, 5.74) is 0.329. The van der Waals surface area contributed by atoms with Gasteiger partial charge in [0.1, 0.15) is 11.3 Å². The van der Waals surface area contributed by atoms with Gasteiger partial charge in [0.2, 0.25) is 5.91 Å². The second-order valence-corrected chi connectivity index (χ2v) is 8.19. The number of piperidine rings is 1. The highest BCUT2D eigenvalue weighted by atomic mass is 32.1. The summed E-state index contributed by atoms with van der Waals surface area (Å²) in [7, 11) is 0. The highest BCUT2D eigenvalue weighted by Crippen LogP contribution is 2.29. The zero-order valence-electron chi connectivity index (χ0n) is 14.7. The molecule has 0 radical (unpaired) electrons. The average Bonchev–Trinajstić information content (AvgIpc) is 3.07. The number of carbonyl (C=O) groups is 1. The molecule has 7 heteroatoms. The van der Waals surface area contributed by atoms with Gasteiger partial charge in [0.05, 0.1) is 10.7 Å². The highest BCUT2D eigenvalue weighted by molar-refractivity contribution is 7.22. The van der Waals surface area contributed by atoms with Crippen molar-refractivity contribution in [3.05, 3.63) is 24.0 Å². The van der Waals surface area contributed by atoms with Gasteiger partial charge in [-0.1, -0.05) is 23.8 Å². The molecule has 0 bridgehead atoms. The summed E-state index contributed by atoms with van der Waals surface area (Å²) in [5.74, 6) is 0.239. The molecule has 1 N–H and O–H groups in total. The Hall–Kier alpha value is -1.57. The van der Waals surface area contributed by atoms with E-state index in [4.69, 9.17) is 4.74 Å². The number of hydrogen-bond donors (Lipinski definition) is 1. The third kappa shape index (κ3) is 3.89. The normalized spacial score (nSPS) is 22.6. The number of halogens is 1. The number of aromatic nitrogens is 1. The lowest BCUT2D eigenvalue weighted by Gasteiger charge is -2.37. The number of carbonyl (C=O) groups excluding carboxylic acids is 1. The highest BCUT2D eigenvalue weighted by Gasteiger charge is 2.31. The van der Waals surface area contributed by atoms with Crippen LogP contribution in [-0.2, 0) is 9.53 Å². The summed E-state index contributed by atoms with van der Waals surface area (Å²) in [5, 5.41) is 3.41. The van der Waals surface area contributed by atoms with Crippen LogP contribution in [0.1, 0.15) is 32.1 Å². The largest absolute Gasteiger partial charge is 0.381 e. The van der Waals surface area contributed by atoms with Crippen molar-refractivity contribution in [2.75, 3.05) is 31.6 Å². The minimum absolute atomic E-state index is 0.0174. The van der Waals surface area contributed by atoms with Gasteiger partial charge in [0.15, 0.2) is 5.13 Å². The number of hydrogen-bond acceptors (Lipinski definition) is 5. The van der Waals surface area contributed by atoms with E-state index in [2.05, 4.69) is 15.2 Å². The van der Waals surface area contributed by atoms with Gasteiger partial charge < -0.3 is 10.1 Å². The lowest BCUT2D eigenvalue weighted by Crippen LogP contribution is -2.49. The lowest BCUT2D eigenvalue weighted by molar-refractivity contribution is -0.122. The minimum Gasteiger partial charge on any atom is -0.381 e. The number of fused-ring (bicyclic) bond motifs is 1. The standard InChI is InChI=1S/C19H24FN3O2S/c20-14-4-3-6-16-17(14)21-19(26-16)22-18(24)15-5-1-2-9-23(15)12-13-7-10-25-11-8-13/h3-4,6,13,15H,1-2,5,7-12H2,(H,21,22,24). The van der Waals surface area contributed by atoms with Gasteiger partial charge in [0, 0.05) is 19.8 Å². The van der Waals surface area contributed by atoms with E-state index in [1.165, 1.54) is 17.4 Å². The van der Waals surface area contributed by atoms with Gasteiger partial charge in [0.25, 0.3) is 0 Å². The number of nitrogens with zero attached hydrogens (tertiary/aromatic N) is 2. The first-order valence-electron chi connectivity index (χ1n) is 9.38. The Morgan fingerprint density at radius 1 is 1.31 bits per heavy atom. The zero-order chi connectivity index (χ0) is 17.9. The van der Waals surface area contributed by atoms with E-state index in [0.717, 1.165) is 63.1 Å². The van der Waals surface area contributed by atoms with Gasteiger partial charge in [-0.05, 0) is 50.3 Å². The fraction of sp³-hybridized carbons (Fsp3) is 0.579. The SMILES string of the molecule is O=C(Nc1nc2c(F)cccc2s1)C1CCCCN1CC1CCOCC1. The van der Waals surface area contributed by atoms with Crippen LogP contribution in [0.5, 0.6) is 0 Å². The summed E-state index contributed by atoms with van der Waals surface area (Å²) < 4.78 is 20.0. The minimum atomic E-state index is -0.349. The van der Waals surface area contributed by atoms with Crippen LogP contribution in [-0.4, -0.2) is 48.1 Å². The summed E-state index contributed by atoms with van der Waals surface area (Å²) >= 11 is 1.32. The smallest absolute Gasteiger partial charge is 0.243 e. The van der Waals surface area contributed by atoms with Gasteiger partial charge in [-0.25, -0.2) is 9.37 Å². The number of benzene rings is 1. The third-order valence-corrected chi connectivity index (χ3v) is 6.29. The molecule has 2 saturated heterocycles. The van der Waals surface area contributed by atoms with E-state index in [1.54, 1.807) is 6.07 Å². The van der Waals surface area contributed by atoms with Gasteiger partial charge in [-0.3, -0.25) is 9.69 Å². The topological polar surface area (TPSA) is 54.5 Å². The van der Waals surface area contributed by atoms with Crippen molar-refractivity contribution in [1.82, 2.24) is 9.88 Å². The molecule has 1 atom stereocenters. The van der Waals surface area contributed by atoms with Crippen molar-refractivity contribution >= 4 is 32.6 Å². The number of ether oxygens (including phenoxy) is 1. The molecule has 26 heavy (non-hydrogen) atoms. The molecule has 140 valence electrons. The van der Waals surface area contributed by atoms with E-state index in [0.29, 0.717) is 16.6 Å². The fourth-order valence-electron chi connectivity index (χ4n) is 3.92. The molecule has 1 unspecified atom stereocenters. The first-order chi connectivity index (χ1) is 12.7. The Balaban J connectivity index is 1.44. The fourth-order valence-corrected chi connectivity index (χ4v) is 4.81. The van der Waals surface area contributed by atoms with E-state index in [-0.39, 0.29) is 17.8 Å². The van der Waals surface area contributed by atoms with E-state index in [9.17, 15) is 9.18 Å². The molecule has 2 aliphatic rings. The van der Waals surface area contributed by atoms with Crippen LogP contribution in [0.2, 0.25) is 0 Å². The Kier molecular flexibility index (Phi) is 5.47. The number of anilines is 1. The number of para-hydroxylation sites is 1. The third-order valence-electron chi connectivity index (χ3n) is 5.35.